The van der Waals surface area contributed by atoms with Gasteiger partial charge in [0.25, 0.3) is 0 Å². The van der Waals surface area contributed by atoms with Crippen LogP contribution >= 0.6 is 23.1 Å². The highest BCUT2D eigenvalue weighted by atomic mass is 32.2. The molecule has 4 rings (SSSR count). The Bertz CT molecular complexity index is 994. The van der Waals surface area contributed by atoms with Gasteiger partial charge in [-0.2, -0.15) is 5.26 Å². The summed E-state index contributed by atoms with van der Waals surface area (Å²) in [7, 11) is 1.68. The predicted octanol–water partition coefficient (Wildman–Crippen LogP) is 4.62. The van der Waals surface area contributed by atoms with Crippen LogP contribution in [0.3, 0.4) is 0 Å². The van der Waals surface area contributed by atoms with Gasteiger partial charge in [0.1, 0.15) is 23.1 Å². The highest BCUT2D eigenvalue weighted by Crippen LogP contribution is 2.42. The number of aromatic nitrogens is 3. The van der Waals surface area contributed by atoms with Crippen molar-refractivity contribution in [3.05, 3.63) is 41.7 Å². The van der Waals surface area contributed by atoms with Crippen LogP contribution in [0.5, 0.6) is 5.75 Å². The lowest BCUT2D eigenvalue weighted by molar-refractivity contribution is 0.409. The van der Waals surface area contributed by atoms with Gasteiger partial charge >= 0.3 is 0 Å². The number of anilines is 1. The Morgan fingerprint density at radius 1 is 1.21 bits per heavy atom. The summed E-state index contributed by atoms with van der Waals surface area (Å²) >= 11 is 3.13. The van der Waals surface area contributed by atoms with Gasteiger partial charge in [0.2, 0.25) is 0 Å². The van der Waals surface area contributed by atoms with E-state index in [1.165, 1.54) is 37.4 Å². The molecule has 142 valence electrons. The average Bonchev–Trinajstić information content (AvgIpc) is 3.29. The Labute approximate surface area is 172 Å². The van der Waals surface area contributed by atoms with Crippen LogP contribution < -0.4 is 9.64 Å². The third-order valence-corrected chi connectivity index (χ3v) is 6.37. The van der Waals surface area contributed by atoms with Gasteiger partial charge < -0.3 is 9.64 Å². The molecule has 1 aliphatic rings. The van der Waals surface area contributed by atoms with E-state index in [2.05, 4.69) is 32.4 Å². The van der Waals surface area contributed by atoms with Crippen molar-refractivity contribution in [3.8, 4) is 22.4 Å². The zero-order valence-corrected chi connectivity index (χ0v) is 17.1. The van der Waals surface area contributed by atoms with Crippen LogP contribution in [0.15, 0.2) is 45.9 Å². The minimum Gasteiger partial charge on any atom is -0.493 e. The maximum absolute atomic E-state index is 9.11. The molecule has 4 heterocycles. The normalized spacial score (nSPS) is 13.9. The minimum atomic E-state index is 0.347. The van der Waals surface area contributed by atoms with E-state index in [0.717, 1.165) is 40.1 Å². The first-order valence-electron chi connectivity index (χ1n) is 9.06. The molecule has 0 aliphatic carbocycles. The smallest absolute Gasteiger partial charge is 0.172 e. The van der Waals surface area contributed by atoms with Crippen molar-refractivity contribution in [2.24, 2.45) is 0 Å². The lowest BCUT2D eigenvalue weighted by Crippen LogP contribution is -2.30. The van der Waals surface area contributed by atoms with Crippen LogP contribution in [0.25, 0.3) is 10.6 Å². The third-order valence-electron chi connectivity index (χ3n) is 4.53. The second-order valence-corrected chi connectivity index (χ2v) is 8.35. The molecule has 0 radical (unpaired) electrons. The van der Waals surface area contributed by atoms with Crippen LogP contribution in [-0.4, -0.2) is 35.2 Å². The van der Waals surface area contributed by atoms with Crippen LogP contribution in [0.2, 0.25) is 0 Å². The van der Waals surface area contributed by atoms with Crippen molar-refractivity contribution in [1.82, 2.24) is 15.0 Å². The number of nitriles is 1. The Hall–Kier alpha value is -2.63. The largest absolute Gasteiger partial charge is 0.493 e. The van der Waals surface area contributed by atoms with Gasteiger partial charge in [-0.25, -0.2) is 15.0 Å². The number of nitrogens with zero attached hydrogens (tertiary/aromatic N) is 5. The Morgan fingerprint density at radius 2 is 2.07 bits per heavy atom. The molecule has 8 heteroatoms. The van der Waals surface area contributed by atoms with E-state index in [1.807, 2.05) is 12.1 Å². The van der Waals surface area contributed by atoms with E-state index in [1.54, 1.807) is 24.5 Å². The van der Waals surface area contributed by atoms with Crippen molar-refractivity contribution in [2.45, 2.75) is 29.2 Å². The monoisotopic (exact) mass is 409 g/mol. The third kappa shape index (κ3) is 3.96. The number of hydrogen-bond acceptors (Lipinski definition) is 8. The molecule has 1 saturated heterocycles. The summed E-state index contributed by atoms with van der Waals surface area (Å²) in [5.74, 6) is 1.66. The lowest BCUT2D eigenvalue weighted by Gasteiger charge is -2.29. The van der Waals surface area contributed by atoms with E-state index in [9.17, 15) is 0 Å². The molecule has 28 heavy (non-hydrogen) atoms. The highest BCUT2D eigenvalue weighted by molar-refractivity contribution is 7.99. The van der Waals surface area contributed by atoms with E-state index in [-0.39, 0.29) is 0 Å². The van der Waals surface area contributed by atoms with Crippen molar-refractivity contribution in [3.63, 3.8) is 0 Å². The van der Waals surface area contributed by atoms with Gasteiger partial charge in [-0.05, 0) is 30.7 Å². The first kappa shape index (κ1) is 18.7. The summed E-state index contributed by atoms with van der Waals surface area (Å²) in [5, 5.41) is 11.9. The van der Waals surface area contributed by atoms with E-state index < -0.39 is 0 Å². The van der Waals surface area contributed by atoms with Gasteiger partial charge in [0.05, 0.1) is 17.7 Å². The Morgan fingerprint density at radius 3 is 2.79 bits per heavy atom. The van der Waals surface area contributed by atoms with Crippen LogP contribution in [0, 0.1) is 11.3 Å². The summed E-state index contributed by atoms with van der Waals surface area (Å²) in [5.41, 5.74) is 1.26. The van der Waals surface area contributed by atoms with Crippen LogP contribution in [0.4, 0.5) is 5.82 Å². The zero-order valence-electron chi connectivity index (χ0n) is 15.5. The number of piperidine rings is 1. The first-order valence-corrected chi connectivity index (χ1v) is 10.8. The summed E-state index contributed by atoms with van der Waals surface area (Å²) in [6.07, 6.45) is 5.03. The van der Waals surface area contributed by atoms with E-state index >= 15 is 0 Å². The highest BCUT2D eigenvalue weighted by Gasteiger charge is 2.21. The van der Waals surface area contributed by atoms with Crippen molar-refractivity contribution in [1.29, 1.82) is 5.26 Å². The maximum Gasteiger partial charge on any atom is 0.172 e. The SMILES string of the molecule is COc1cc(Sc2cc(C#N)ncn2)c(-c2cccs2)nc1N1CCCCC1. The maximum atomic E-state index is 9.11. The number of rotatable bonds is 5. The summed E-state index contributed by atoms with van der Waals surface area (Å²) in [4.78, 5) is 17.6. The molecule has 3 aromatic rings. The lowest BCUT2D eigenvalue weighted by atomic mass is 10.1. The molecule has 0 unspecified atom stereocenters. The molecule has 3 aromatic heterocycles. The van der Waals surface area contributed by atoms with Crippen molar-refractivity contribution < 1.29 is 4.74 Å². The van der Waals surface area contributed by atoms with Gasteiger partial charge in [-0.3, -0.25) is 0 Å². The molecule has 6 nitrogen and oxygen atoms in total. The second kappa shape index (κ2) is 8.59. The molecule has 0 spiro atoms. The molecule has 0 N–H and O–H groups in total. The van der Waals surface area contributed by atoms with Crippen LogP contribution in [0.1, 0.15) is 25.0 Å². The van der Waals surface area contributed by atoms with Crippen molar-refractivity contribution >= 4 is 28.9 Å². The van der Waals surface area contributed by atoms with Gasteiger partial charge in [0.15, 0.2) is 11.6 Å². The fraction of sp³-hybridized carbons (Fsp3) is 0.300. The number of pyridine rings is 1. The number of thiophene rings is 1. The molecule has 0 atom stereocenters. The topological polar surface area (TPSA) is 74.9 Å². The molecule has 0 aromatic carbocycles. The molecule has 1 aliphatic heterocycles. The Kier molecular flexibility index (Phi) is 5.74. The molecule has 0 saturated carbocycles. The fourth-order valence-electron chi connectivity index (χ4n) is 3.19. The van der Waals surface area contributed by atoms with E-state index in [0.29, 0.717) is 10.7 Å². The summed E-state index contributed by atoms with van der Waals surface area (Å²) in [6, 6.07) is 9.88. The first-order chi connectivity index (χ1) is 13.8. The van der Waals surface area contributed by atoms with Crippen LogP contribution in [-0.2, 0) is 0 Å². The predicted molar refractivity (Wildman–Crippen MR) is 111 cm³/mol. The van der Waals surface area contributed by atoms with Gasteiger partial charge in [0, 0.05) is 30.1 Å². The molecular formula is C20H19N5OS2. The average molecular weight is 410 g/mol. The molecule has 0 amide bonds. The molecular weight excluding hydrogens is 390 g/mol. The van der Waals surface area contributed by atoms with Gasteiger partial charge in [-0.15, -0.1) is 11.3 Å². The zero-order chi connectivity index (χ0) is 19.3. The quantitative estimate of drug-likeness (QED) is 0.569. The molecule has 1 fully saturated rings. The Balaban J connectivity index is 1.79. The number of ether oxygens (including phenoxy) is 1. The van der Waals surface area contributed by atoms with Gasteiger partial charge in [-0.1, -0.05) is 17.8 Å². The summed E-state index contributed by atoms with van der Waals surface area (Å²) in [6.45, 7) is 1.99. The van der Waals surface area contributed by atoms with E-state index in [4.69, 9.17) is 15.0 Å². The number of methoxy groups -OCH3 is 1. The fourth-order valence-corrected chi connectivity index (χ4v) is 4.89. The second-order valence-electron chi connectivity index (χ2n) is 6.34. The minimum absolute atomic E-state index is 0.347. The molecule has 0 bridgehead atoms. The van der Waals surface area contributed by atoms with Crippen molar-refractivity contribution in [2.75, 3.05) is 25.1 Å². The summed E-state index contributed by atoms with van der Waals surface area (Å²) < 4.78 is 5.69. The standard InChI is InChI=1S/C20H19N5OS2/c1-26-15-11-17(28-18-10-14(12-21)22-13-23-18)19(16-6-5-9-27-16)24-20(15)25-7-3-2-4-8-25/h5-6,9-11,13H,2-4,7-8H2,1H3. The number of hydrogen-bond donors (Lipinski definition) is 0.